The number of hydrogen-bond donors (Lipinski definition) is 1. The Kier molecular flexibility index (Phi) is 5.39. The maximum Gasteiger partial charge on any atom is 0.224 e. The van der Waals surface area contributed by atoms with Gasteiger partial charge >= 0.3 is 0 Å². The maximum atomic E-state index is 5.77. The van der Waals surface area contributed by atoms with E-state index >= 15 is 0 Å². The number of ether oxygens (including phenoxy) is 2. The molecule has 2 aromatic heterocycles. The van der Waals surface area contributed by atoms with E-state index in [9.17, 15) is 0 Å². The van der Waals surface area contributed by atoms with Crippen LogP contribution < -0.4 is 10.1 Å². The summed E-state index contributed by atoms with van der Waals surface area (Å²) in [7, 11) is 1.66. The molecule has 0 bridgehead atoms. The minimum absolute atomic E-state index is 0.450. The fourth-order valence-electron chi connectivity index (χ4n) is 1.99. The fraction of sp³-hybridized carbons (Fsp3) is 0.188. The molecular weight excluding hydrogens is 374 g/mol. The highest BCUT2D eigenvalue weighted by molar-refractivity contribution is 9.10. The number of anilines is 2. The van der Waals surface area contributed by atoms with Gasteiger partial charge in [-0.25, -0.2) is 9.97 Å². The first-order valence-electron chi connectivity index (χ1n) is 7.27. The Morgan fingerprint density at radius 3 is 2.96 bits per heavy atom. The second kappa shape index (κ2) is 7.89. The zero-order chi connectivity index (χ0) is 16.8. The van der Waals surface area contributed by atoms with Crippen molar-refractivity contribution in [2.45, 2.75) is 6.54 Å². The van der Waals surface area contributed by atoms with Gasteiger partial charge in [-0.15, -0.1) is 0 Å². The highest BCUT2D eigenvalue weighted by atomic mass is 79.9. The molecular formula is C16H16BrN5O2. The molecule has 124 valence electrons. The van der Waals surface area contributed by atoms with Crippen LogP contribution in [0.25, 0.3) is 0 Å². The first kappa shape index (κ1) is 16.4. The van der Waals surface area contributed by atoms with Gasteiger partial charge in [-0.3, -0.25) is 4.68 Å². The predicted octanol–water partition coefficient (Wildman–Crippen LogP) is 3.62. The lowest BCUT2D eigenvalue weighted by Crippen LogP contribution is -2.04. The Labute approximate surface area is 147 Å². The lowest BCUT2D eigenvalue weighted by molar-refractivity contribution is 0.183. The lowest BCUT2D eigenvalue weighted by atomic mass is 10.3. The van der Waals surface area contributed by atoms with Gasteiger partial charge in [0.1, 0.15) is 17.9 Å². The van der Waals surface area contributed by atoms with Crippen LogP contribution in [0.15, 0.2) is 53.5 Å². The topological polar surface area (TPSA) is 74.1 Å². The molecule has 0 saturated carbocycles. The van der Waals surface area contributed by atoms with Crippen LogP contribution in [0.3, 0.4) is 0 Å². The molecule has 0 amide bonds. The minimum atomic E-state index is 0.450. The van der Waals surface area contributed by atoms with Gasteiger partial charge in [-0.05, 0) is 28.1 Å². The Balaban J connectivity index is 1.69. The first-order valence-corrected chi connectivity index (χ1v) is 8.07. The van der Waals surface area contributed by atoms with E-state index in [1.807, 2.05) is 30.5 Å². The smallest absolute Gasteiger partial charge is 0.224 e. The summed E-state index contributed by atoms with van der Waals surface area (Å²) in [4.78, 5) is 8.33. The largest absolute Gasteiger partial charge is 0.438 e. The average molecular weight is 390 g/mol. The number of benzene rings is 1. The Bertz CT molecular complexity index is 808. The summed E-state index contributed by atoms with van der Waals surface area (Å²) < 4.78 is 13.5. The second-order valence-corrected chi connectivity index (χ2v) is 5.74. The van der Waals surface area contributed by atoms with Gasteiger partial charge in [-0.1, -0.05) is 12.1 Å². The van der Waals surface area contributed by atoms with E-state index in [2.05, 4.69) is 36.3 Å². The summed E-state index contributed by atoms with van der Waals surface area (Å²) in [5.74, 6) is 1.76. The molecule has 0 radical (unpaired) electrons. The molecule has 0 atom stereocenters. The number of nitrogens with one attached hydrogen (secondary N) is 1. The monoisotopic (exact) mass is 389 g/mol. The van der Waals surface area contributed by atoms with Gasteiger partial charge in [0.2, 0.25) is 5.88 Å². The number of hydrogen-bond acceptors (Lipinski definition) is 6. The molecule has 1 N–H and O–H groups in total. The quantitative estimate of drug-likeness (QED) is 0.664. The number of aromatic nitrogens is 4. The van der Waals surface area contributed by atoms with Crippen molar-refractivity contribution in [3.05, 3.63) is 53.5 Å². The van der Waals surface area contributed by atoms with Crippen LogP contribution in [0, 0.1) is 0 Å². The van der Waals surface area contributed by atoms with Crippen molar-refractivity contribution in [2.24, 2.45) is 0 Å². The van der Waals surface area contributed by atoms with Crippen molar-refractivity contribution in [3.8, 4) is 11.6 Å². The van der Waals surface area contributed by atoms with Crippen LogP contribution in [-0.4, -0.2) is 33.5 Å². The summed E-state index contributed by atoms with van der Waals surface area (Å²) in [6.45, 7) is 1.30. The summed E-state index contributed by atoms with van der Waals surface area (Å²) in [6.07, 6.45) is 5.06. The number of para-hydroxylation sites is 1. The Morgan fingerprint density at radius 2 is 2.12 bits per heavy atom. The van der Waals surface area contributed by atoms with Gasteiger partial charge in [0.25, 0.3) is 0 Å². The van der Waals surface area contributed by atoms with E-state index in [-0.39, 0.29) is 0 Å². The summed E-state index contributed by atoms with van der Waals surface area (Å²) >= 11 is 3.44. The van der Waals surface area contributed by atoms with Crippen LogP contribution in [-0.2, 0) is 11.3 Å². The average Bonchev–Trinajstić information content (AvgIpc) is 3.03. The lowest BCUT2D eigenvalue weighted by Gasteiger charge is -2.08. The fourth-order valence-corrected chi connectivity index (χ4v) is 2.35. The number of nitrogens with zero attached hydrogens (tertiary/aromatic N) is 4. The molecule has 0 aliphatic rings. The van der Waals surface area contributed by atoms with E-state index in [1.54, 1.807) is 24.1 Å². The first-order chi connectivity index (χ1) is 11.7. The van der Waals surface area contributed by atoms with E-state index in [4.69, 9.17) is 9.47 Å². The summed E-state index contributed by atoms with van der Waals surface area (Å²) in [5, 5.41) is 7.42. The molecule has 0 fully saturated rings. The summed E-state index contributed by atoms with van der Waals surface area (Å²) in [5.41, 5.74) is 0.830. The molecule has 0 spiro atoms. The van der Waals surface area contributed by atoms with Crippen molar-refractivity contribution >= 4 is 27.4 Å². The van der Waals surface area contributed by atoms with Gasteiger partial charge in [-0.2, -0.15) is 5.10 Å². The molecule has 24 heavy (non-hydrogen) atoms. The second-order valence-electron chi connectivity index (χ2n) is 4.88. The van der Waals surface area contributed by atoms with Gasteiger partial charge in [0.15, 0.2) is 0 Å². The third kappa shape index (κ3) is 4.30. The van der Waals surface area contributed by atoms with Crippen LogP contribution in [0.2, 0.25) is 0 Å². The third-order valence-electron chi connectivity index (χ3n) is 3.12. The molecule has 3 rings (SSSR count). The van der Waals surface area contributed by atoms with E-state index in [1.165, 1.54) is 6.33 Å². The van der Waals surface area contributed by atoms with Crippen molar-refractivity contribution in [1.82, 2.24) is 19.7 Å². The van der Waals surface area contributed by atoms with Crippen molar-refractivity contribution in [1.29, 1.82) is 0 Å². The highest BCUT2D eigenvalue weighted by Crippen LogP contribution is 2.29. The molecule has 2 heterocycles. The van der Waals surface area contributed by atoms with Crippen LogP contribution in [0.5, 0.6) is 11.6 Å². The molecule has 1 aromatic carbocycles. The van der Waals surface area contributed by atoms with Gasteiger partial charge < -0.3 is 14.8 Å². The molecule has 0 aliphatic carbocycles. The van der Waals surface area contributed by atoms with Crippen molar-refractivity contribution in [3.63, 3.8) is 0 Å². The normalized spacial score (nSPS) is 10.6. The van der Waals surface area contributed by atoms with Gasteiger partial charge in [0.05, 0.1) is 29.5 Å². The van der Waals surface area contributed by atoms with Gasteiger partial charge in [0, 0.05) is 19.4 Å². The minimum Gasteiger partial charge on any atom is -0.438 e. The predicted molar refractivity (Wildman–Crippen MR) is 93.6 cm³/mol. The number of rotatable bonds is 7. The number of halogens is 1. The molecule has 0 saturated heterocycles. The third-order valence-corrected chi connectivity index (χ3v) is 3.78. The molecule has 0 aliphatic heterocycles. The van der Waals surface area contributed by atoms with E-state index in [0.717, 1.165) is 10.2 Å². The molecule has 7 nitrogen and oxygen atoms in total. The summed E-state index contributed by atoms with van der Waals surface area (Å²) in [6, 6.07) is 9.31. The van der Waals surface area contributed by atoms with Crippen LogP contribution in [0.4, 0.5) is 11.5 Å². The van der Waals surface area contributed by atoms with E-state index < -0.39 is 0 Å². The zero-order valence-electron chi connectivity index (χ0n) is 13.0. The highest BCUT2D eigenvalue weighted by Gasteiger charge is 2.06. The van der Waals surface area contributed by atoms with Crippen LogP contribution >= 0.6 is 15.9 Å². The SMILES string of the molecule is COCCn1cc(Nc2cc(Oc3ccccc3Br)ncn2)cn1. The maximum absolute atomic E-state index is 5.77. The standard InChI is InChI=1S/C16H16BrN5O2/c1-23-7-6-22-10-12(9-20-22)21-15-8-16(19-11-18-15)24-14-5-3-2-4-13(14)17/h2-5,8-11H,6-7H2,1H3,(H,18,19,21). The van der Waals surface area contributed by atoms with Crippen molar-refractivity contribution < 1.29 is 9.47 Å². The molecule has 0 unspecified atom stereocenters. The Morgan fingerprint density at radius 1 is 1.25 bits per heavy atom. The van der Waals surface area contributed by atoms with E-state index in [0.29, 0.717) is 30.6 Å². The van der Waals surface area contributed by atoms with Crippen LogP contribution in [0.1, 0.15) is 0 Å². The van der Waals surface area contributed by atoms with Crippen molar-refractivity contribution in [2.75, 3.05) is 19.0 Å². The zero-order valence-corrected chi connectivity index (χ0v) is 14.6. The molecule has 3 aromatic rings. The number of methoxy groups -OCH3 is 1. The Hall–Kier alpha value is -2.45. The molecule has 8 heteroatoms.